The van der Waals surface area contributed by atoms with Crippen molar-refractivity contribution in [2.24, 2.45) is 5.92 Å². The number of nitrogens with one attached hydrogen (secondary N) is 1. The van der Waals surface area contributed by atoms with E-state index in [1.165, 1.54) is 11.1 Å². The summed E-state index contributed by atoms with van der Waals surface area (Å²) in [6, 6.07) is 6.65. The first kappa shape index (κ1) is 16.0. The van der Waals surface area contributed by atoms with Crippen molar-refractivity contribution in [2.45, 2.75) is 40.3 Å². The van der Waals surface area contributed by atoms with E-state index in [1.807, 2.05) is 14.0 Å². The van der Waals surface area contributed by atoms with E-state index in [-0.39, 0.29) is 12.6 Å². The maximum absolute atomic E-state index is 9.21. The maximum Gasteiger partial charge on any atom is 0.0632 e. The number of likely N-dealkylation sites (N-methyl/N-ethyl adjacent to an activating group) is 1. The lowest BCUT2D eigenvalue weighted by atomic mass is 10.1. The highest BCUT2D eigenvalue weighted by Crippen LogP contribution is 2.20. The second kappa shape index (κ2) is 7.51. The van der Waals surface area contributed by atoms with Crippen molar-refractivity contribution in [3.05, 3.63) is 29.3 Å². The summed E-state index contributed by atoms with van der Waals surface area (Å²) >= 11 is 0. The summed E-state index contributed by atoms with van der Waals surface area (Å²) in [4.78, 5) is 2.11. The third-order valence-corrected chi connectivity index (χ3v) is 3.53. The van der Waals surface area contributed by atoms with E-state index < -0.39 is 0 Å². The first-order chi connectivity index (χ1) is 8.95. The van der Waals surface area contributed by atoms with E-state index in [2.05, 4.69) is 49.2 Å². The Labute approximate surface area is 117 Å². The summed E-state index contributed by atoms with van der Waals surface area (Å²) in [7, 11) is 2.02. The zero-order chi connectivity index (χ0) is 14.4. The van der Waals surface area contributed by atoms with Crippen LogP contribution in [0.15, 0.2) is 18.2 Å². The summed E-state index contributed by atoms with van der Waals surface area (Å²) in [6.45, 7) is 10.7. The Hall–Kier alpha value is -1.06. The SMILES string of the molecule is Cc1cc(N(C)C(C)CO)ccc1CNCC(C)C. The van der Waals surface area contributed by atoms with Gasteiger partial charge in [0.1, 0.15) is 0 Å². The molecule has 2 N–H and O–H groups in total. The average Bonchev–Trinajstić information content (AvgIpc) is 2.38. The van der Waals surface area contributed by atoms with E-state index in [0.717, 1.165) is 18.8 Å². The molecule has 0 aliphatic heterocycles. The number of aliphatic hydroxyl groups excluding tert-OH is 1. The molecule has 0 saturated heterocycles. The number of rotatable bonds is 7. The molecule has 0 spiro atoms. The molecule has 0 aliphatic rings. The number of hydrogen-bond acceptors (Lipinski definition) is 3. The monoisotopic (exact) mass is 264 g/mol. The molecule has 0 heterocycles. The van der Waals surface area contributed by atoms with Crippen LogP contribution in [0.1, 0.15) is 31.9 Å². The van der Waals surface area contributed by atoms with Crippen LogP contribution >= 0.6 is 0 Å². The van der Waals surface area contributed by atoms with Crippen LogP contribution < -0.4 is 10.2 Å². The molecule has 1 rings (SSSR count). The highest BCUT2D eigenvalue weighted by atomic mass is 16.3. The van der Waals surface area contributed by atoms with Crippen LogP contribution in [-0.2, 0) is 6.54 Å². The van der Waals surface area contributed by atoms with Crippen molar-refractivity contribution < 1.29 is 5.11 Å². The predicted octanol–water partition coefficient (Wildman–Crippen LogP) is 2.56. The Bertz CT molecular complexity index is 390. The fraction of sp³-hybridized carbons (Fsp3) is 0.625. The average molecular weight is 264 g/mol. The van der Waals surface area contributed by atoms with Crippen LogP contribution in [0.25, 0.3) is 0 Å². The van der Waals surface area contributed by atoms with Gasteiger partial charge in [0.15, 0.2) is 0 Å². The number of benzene rings is 1. The summed E-state index contributed by atoms with van der Waals surface area (Å²) < 4.78 is 0. The maximum atomic E-state index is 9.21. The first-order valence-electron chi connectivity index (χ1n) is 7.09. The molecule has 0 aromatic heterocycles. The number of aryl methyl sites for hydroxylation is 1. The molecule has 0 radical (unpaired) electrons. The van der Waals surface area contributed by atoms with Crippen molar-refractivity contribution in [1.29, 1.82) is 0 Å². The van der Waals surface area contributed by atoms with Crippen LogP contribution in [0.4, 0.5) is 5.69 Å². The third kappa shape index (κ3) is 4.84. The number of anilines is 1. The largest absolute Gasteiger partial charge is 0.394 e. The van der Waals surface area contributed by atoms with Gasteiger partial charge < -0.3 is 15.3 Å². The summed E-state index contributed by atoms with van der Waals surface area (Å²) in [5.74, 6) is 0.677. The zero-order valence-corrected chi connectivity index (χ0v) is 12.9. The number of hydrogen-bond donors (Lipinski definition) is 2. The predicted molar refractivity (Wildman–Crippen MR) is 82.7 cm³/mol. The van der Waals surface area contributed by atoms with Gasteiger partial charge in [0, 0.05) is 25.3 Å². The van der Waals surface area contributed by atoms with Crippen molar-refractivity contribution in [1.82, 2.24) is 5.32 Å². The van der Waals surface area contributed by atoms with E-state index >= 15 is 0 Å². The Kier molecular flexibility index (Phi) is 6.32. The van der Waals surface area contributed by atoms with Crippen LogP contribution in [0.2, 0.25) is 0 Å². The van der Waals surface area contributed by atoms with E-state index in [1.54, 1.807) is 0 Å². The molecule has 0 amide bonds. The molecular weight excluding hydrogens is 236 g/mol. The molecule has 0 fully saturated rings. The molecule has 1 aromatic carbocycles. The van der Waals surface area contributed by atoms with E-state index in [9.17, 15) is 5.11 Å². The van der Waals surface area contributed by atoms with Crippen molar-refractivity contribution in [3.8, 4) is 0 Å². The van der Waals surface area contributed by atoms with Crippen molar-refractivity contribution in [2.75, 3.05) is 25.1 Å². The number of nitrogens with zero attached hydrogens (tertiary/aromatic N) is 1. The van der Waals surface area contributed by atoms with Gasteiger partial charge in [-0.2, -0.15) is 0 Å². The first-order valence-corrected chi connectivity index (χ1v) is 7.09. The Balaban J connectivity index is 2.69. The quantitative estimate of drug-likeness (QED) is 0.794. The molecule has 0 bridgehead atoms. The van der Waals surface area contributed by atoms with Crippen molar-refractivity contribution >= 4 is 5.69 Å². The van der Waals surface area contributed by atoms with Gasteiger partial charge in [-0.15, -0.1) is 0 Å². The van der Waals surface area contributed by atoms with Crippen LogP contribution in [-0.4, -0.2) is 31.3 Å². The summed E-state index contributed by atoms with van der Waals surface area (Å²) in [5, 5.41) is 12.7. The normalized spacial score (nSPS) is 12.8. The molecule has 1 unspecified atom stereocenters. The highest BCUT2D eigenvalue weighted by Gasteiger charge is 2.09. The minimum Gasteiger partial charge on any atom is -0.394 e. The minimum absolute atomic E-state index is 0.143. The van der Waals surface area contributed by atoms with Gasteiger partial charge in [0.25, 0.3) is 0 Å². The van der Waals surface area contributed by atoms with Gasteiger partial charge in [0.2, 0.25) is 0 Å². The molecule has 3 nitrogen and oxygen atoms in total. The highest BCUT2D eigenvalue weighted by molar-refractivity contribution is 5.51. The van der Waals surface area contributed by atoms with Gasteiger partial charge in [-0.25, -0.2) is 0 Å². The topological polar surface area (TPSA) is 35.5 Å². The Morgan fingerprint density at radius 2 is 1.95 bits per heavy atom. The van der Waals surface area contributed by atoms with Crippen LogP contribution in [0.3, 0.4) is 0 Å². The minimum atomic E-state index is 0.143. The fourth-order valence-corrected chi connectivity index (χ4v) is 1.97. The Morgan fingerprint density at radius 3 is 2.47 bits per heavy atom. The van der Waals surface area contributed by atoms with Gasteiger partial charge in [-0.3, -0.25) is 0 Å². The Morgan fingerprint density at radius 1 is 1.26 bits per heavy atom. The number of aliphatic hydroxyl groups is 1. The zero-order valence-electron chi connectivity index (χ0n) is 12.9. The van der Waals surface area contributed by atoms with Crippen molar-refractivity contribution in [3.63, 3.8) is 0 Å². The molecule has 0 saturated carbocycles. The lowest BCUT2D eigenvalue weighted by Crippen LogP contribution is -2.31. The molecule has 108 valence electrons. The lowest BCUT2D eigenvalue weighted by Gasteiger charge is -2.26. The van der Waals surface area contributed by atoms with Gasteiger partial charge >= 0.3 is 0 Å². The second-order valence-electron chi connectivity index (χ2n) is 5.78. The molecule has 0 aliphatic carbocycles. The van der Waals surface area contributed by atoms with Gasteiger partial charge in [0.05, 0.1) is 6.61 Å². The summed E-state index contributed by atoms with van der Waals surface area (Å²) in [6.07, 6.45) is 0. The summed E-state index contributed by atoms with van der Waals surface area (Å²) in [5.41, 5.74) is 3.80. The standard InChI is InChI=1S/C16H28N2O/c1-12(2)9-17-10-15-6-7-16(8-13(15)3)18(5)14(4)11-19/h6-8,12,14,17,19H,9-11H2,1-5H3. The smallest absolute Gasteiger partial charge is 0.0632 e. The molecule has 19 heavy (non-hydrogen) atoms. The van der Waals surface area contributed by atoms with Crippen LogP contribution in [0, 0.1) is 12.8 Å². The lowest BCUT2D eigenvalue weighted by molar-refractivity contribution is 0.270. The van der Waals surface area contributed by atoms with E-state index in [0.29, 0.717) is 5.92 Å². The molecular formula is C16H28N2O. The molecule has 1 atom stereocenters. The molecule has 1 aromatic rings. The van der Waals surface area contributed by atoms with Gasteiger partial charge in [-0.1, -0.05) is 19.9 Å². The van der Waals surface area contributed by atoms with Gasteiger partial charge in [-0.05, 0) is 49.6 Å². The van der Waals surface area contributed by atoms with E-state index in [4.69, 9.17) is 0 Å². The fourth-order valence-electron chi connectivity index (χ4n) is 1.97. The molecule has 3 heteroatoms. The van der Waals surface area contributed by atoms with Crippen LogP contribution in [0.5, 0.6) is 0 Å². The third-order valence-electron chi connectivity index (χ3n) is 3.53. The second-order valence-corrected chi connectivity index (χ2v) is 5.78.